The molecule has 0 atom stereocenters. The summed E-state index contributed by atoms with van der Waals surface area (Å²) in [6.07, 6.45) is 1.13. The number of aromatic nitrogens is 2. The van der Waals surface area contributed by atoms with Gasteiger partial charge in [0.1, 0.15) is 0 Å². The molecule has 0 bridgehead atoms. The zero-order valence-electron chi connectivity index (χ0n) is 15.2. The molecule has 0 unspecified atom stereocenters. The highest BCUT2D eigenvalue weighted by atomic mass is 14.7. The molecule has 0 radical (unpaired) electrons. The molecule has 16 heavy (non-hydrogen) atoms. The van der Waals surface area contributed by atoms with E-state index in [9.17, 15) is 0 Å². The lowest BCUT2D eigenvalue weighted by Gasteiger charge is -2.07. The van der Waals surface area contributed by atoms with Crippen LogP contribution in [0.1, 0.15) is 30.7 Å². The summed E-state index contributed by atoms with van der Waals surface area (Å²) in [5.74, 6) is 0. The maximum atomic E-state index is 7.58. The molecule has 0 aliphatic carbocycles. The van der Waals surface area contributed by atoms with Gasteiger partial charge in [0.15, 0.2) is 0 Å². The highest BCUT2D eigenvalue weighted by Crippen LogP contribution is 2.22. The number of hydrogen-bond acceptors (Lipinski definition) is 2. The molecule has 0 amide bonds. The first-order valence-corrected chi connectivity index (χ1v) is 4.96. The predicted molar refractivity (Wildman–Crippen MR) is 66.4 cm³/mol. The topological polar surface area (TPSA) is 25.8 Å². The van der Waals surface area contributed by atoms with Crippen LogP contribution >= 0.6 is 0 Å². The van der Waals surface area contributed by atoms with Crippen molar-refractivity contribution in [2.24, 2.45) is 0 Å². The minimum Gasteiger partial charge on any atom is -0.258 e. The Morgan fingerprint density at radius 1 is 1.12 bits per heavy atom. The molecule has 2 rings (SSSR count). The van der Waals surface area contributed by atoms with Crippen LogP contribution in [0.5, 0.6) is 0 Å². The van der Waals surface area contributed by atoms with E-state index in [1.807, 2.05) is 6.92 Å². The lowest BCUT2D eigenvalue weighted by atomic mass is 10.1. The second-order valence-corrected chi connectivity index (χ2v) is 3.70. The van der Waals surface area contributed by atoms with Gasteiger partial charge in [0.2, 0.25) is 0 Å². The molecular formula is C14H16N2. The second kappa shape index (κ2) is 4.05. The van der Waals surface area contributed by atoms with E-state index in [1.165, 1.54) is 6.07 Å². The Morgan fingerprint density at radius 3 is 2.62 bits per heavy atom. The molecule has 2 heterocycles. The maximum absolute atomic E-state index is 7.58. The van der Waals surface area contributed by atoms with Crippen LogP contribution in [0.4, 0.5) is 0 Å². The van der Waals surface area contributed by atoms with E-state index < -0.39 is 13.7 Å². The van der Waals surface area contributed by atoms with Crippen LogP contribution in [0.25, 0.3) is 11.3 Å². The third kappa shape index (κ3) is 1.96. The van der Waals surface area contributed by atoms with Crippen molar-refractivity contribution in [1.29, 1.82) is 0 Å². The Bertz CT molecular complexity index is 703. The van der Waals surface area contributed by atoms with Gasteiger partial charge in [-0.15, -0.1) is 0 Å². The Balaban J connectivity index is 2.66. The van der Waals surface area contributed by atoms with Gasteiger partial charge in [-0.1, -0.05) is 0 Å². The van der Waals surface area contributed by atoms with Crippen LogP contribution in [0.15, 0.2) is 24.4 Å². The monoisotopic (exact) mass is 218 g/mol. The fraction of sp³-hybridized carbons (Fsp3) is 0.286. The van der Waals surface area contributed by atoms with Gasteiger partial charge in [-0.05, 0) is 56.9 Å². The van der Waals surface area contributed by atoms with Crippen LogP contribution < -0.4 is 0 Å². The van der Waals surface area contributed by atoms with E-state index in [0.29, 0.717) is 17.0 Å². The van der Waals surface area contributed by atoms with Crippen molar-refractivity contribution in [3.63, 3.8) is 0 Å². The van der Waals surface area contributed by atoms with E-state index in [0.717, 1.165) is 11.9 Å². The molecule has 82 valence electrons. The maximum Gasteiger partial charge on any atom is 0.0723 e. The lowest BCUT2D eigenvalue weighted by Crippen LogP contribution is -1.93. The fourth-order valence-corrected chi connectivity index (χ4v) is 1.56. The Morgan fingerprint density at radius 2 is 1.94 bits per heavy atom. The zero-order chi connectivity index (χ0) is 16.7. The van der Waals surface area contributed by atoms with Crippen molar-refractivity contribution in [2.75, 3.05) is 0 Å². The van der Waals surface area contributed by atoms with E-state index in [-0.39, 0.29) is 11.1 Å². The summed E-state index contributed by atoms with van der Waals surface area (Å²) in [6, 6.07) is 4.93. The summed E-state index contributed by atoms with van der Waals surface area (Å²) >= 11 is 0. The van der Waals surface area contributed by atoms with Crippen LogP contribution in [0.3, 0.4) is 0 Å². The van der Waals surface area contributed by atoms with Gasteiger partial charge >= 0.3 is 0 Å². The quantitative estimate of drug-likeness (QED) is 0.733. The zero-order valence-corrected chi connectivity index (χ0v) is 9.20. The summed E-state index contributed by atoms with van der Waals surface area (Å²) in [5.41, 5.74) is 2.21. The van der Waals surface area contributed by atoms with Crippen molar-refractivity contribution < 1.29 is 8.22 Å². The van der Waals surface area contributed by atoms with Crippen LogP contribution in [-0.4, -0.2) is 9.97 Å². The first-order valence-electron chi connectivity index (χ1n) is 7.96. The van der Waals surface area contributed by atoms with Gasteiger partial charge in [0.25, 0.3) is 0 Å². The van der Waals surface area contributed by atoms with Gasteiger partial charge in [-0.2, -0.15) is 0 Å². The molecule has 0 spiro atoms. The summed E-state index contributed by atoms with van der Waals surface area (Å²) in [5, 5.41) is 0. The van der Waals surface area contributed by atoms with Crippen LogP contribution in [0, 0.1) is 27.6 Å². The van der Waals surface area contributed by atoms with Gasteiger partial charge in [-0.3, -0.25) is 9.97 Å². The van der Waals surface area contributed by atoms with Gasteiger partial charge < -0.3 is 0 Å². The molecule has 0 fully saturated rings. The minimum absolute atomic E-state index is 0.197. The summed E-state index contributed by atoms with van der Waals surface area (Å²) in [4.78, 5) is 8.45. The molecule has 2 heteroatoms. The highest BCUT2D eigenvalue weighted by molar-refractivity contribution is 5.62. The molecule has 0 aromatic carbocycles. The van der Waals surface area contributed by atoms with E-state index in [4.69, 9.17) is 8.22 Å². The highest BCUT2D eigenvalue weighted by Gasteiger charge is 2.05. The van der Waals surface area contributed by atoms with Crippen LogP contribution in [-0.2, 0) is 0 Å². The molecule has 0 aliphatic rings. The number of hydrogen-bond donors (Lipinski definition) is 0. The summed E-state index contributed by atoms with van der Waals surface area (Å²) in [7, 11) is 0. The first-order chi connectivity index (χ1) is 10.00. The second-order valence-electron chi connectivity index (χ2n) is 3.70. The molecule has 2 aromatic rings. The average molecular weight is 218 g/mol. The van der Waals surface area contributed by atoms with Gasteiger partial charge in [0.05, 0.1) is 5.69 Å². The molecule has 2 nitrogen and oxygen atoms in total. The number of pyridine rings is 2. The third-order valence-corrected chi connectivity index (χ3v) is 2.40. The Labute approximate surface area is 105 Å². The Hall–Kier alpha value is -1.70. The lowest BCUT2D eigenvalue weighted by molar-refractivity contribution is 1.11. The van der Waals surface area contributed by atoms with Crippen LogP contribution in [0.2, 0.25) is 0 Å². The normalized spacial score (nSPS) is 17.6. The van der Waals surface area contributed by atoms with E-state index >= 15 is 0 Å². The molecule has 0 aliphatic heterocycles. The Kier molecular flexibility index (Phi) is 1.41. The molecule has 0 saturated heterocycles. The molecular weight excluding hydrogens is 196 g/mol. The van der Waals surface area contributed by atoms with E-state index in [2.05, 4.69) is 9.97 Å². The van der Waals surface area contributed by atoms with Crippen molar-refractivity contribution in [3.05, 3.63) is 46.9 Å². The molecule has 0 N–H and O–H groups in total. The summed E-state index contributed by atoms with van der Waals surface area (Å²) < 4.78 is 45.2. The van der Waals surface area contributed by atoms with Crippen molar-refractivity contribution in [3.8, 4) is 11.3 Å². The van der Waals surface area contributed by atoms with E-state index in [1.54, 1.807) is 19.1 Å². The summed E-state index contributed by atoms with van der Waals surface area (Å²) in [6.45, 7) is -1.38. The standard InChI is InChI=1S/C14H16N2/c1-9-7-14(15-8-10(9)2)13-6-5-11(3)16-12(13)4/h5-8H,1-4H3/i1D3,2D3. The van der Waals surface area contributed by atoms with Crippen molar-refractivity contribution >= 4 is 0 Å². The largest absolute Gasteiger partial charge is 0.258 e. The van der Waals surface area contributed by atoms with Crippen molar-refractivity contribution in [2.45, 2.75) is 27.6 Å². The fourth-order valence-electron chi connectivity index (χ4n) is 1.56. The molecule has 0 saturated carbocycles. The predicted octanol–water partition coefficient (Wildman–Crippen LogP) is 3.38. The third-order valence-electron chi connectivity index (χ3n) is 2.40. The number of rotatable bonds is 1. The first kappa shape index (κ1) is 5.58. The smallest absolute Gasteiger partial charge is 0.0723 e. The molecule has 2 aromatic heterocycles. The number of aryl methyl sites for hydroxylation is 4. The van der Waals surface area contributed by atoms with Crippen molar-refractivity contribution in [1.82, 2.24) is 9.97 Å². The average Bonchev–Trinajstić information content (AvgIpc) is 2.36. The SMILES string of the molecule is [2H]C([2H])([2H])c1cnc(-c2ccc(C)nc2C)cc1C([2H])([2H])[2H]. The van der Waals surface area contributed by atoms with Gasteiger partial charge in [0, 0.05) is 31.4 Å². The minimum atomic E-state index is -2.52. The van der Waals surface area contributed by atoms with Gasteiger partial charge in [-0.25, -0.2) is 0 Å². The number of nitrogens with zero attached hydrogens (tertiary/aromatic N) is 2.